The summed E-state index contributed by atoms with van der Waals surface area (Å²) in [5.41, 5.74) is 3.83. The van der Waals surface area contributed by atoms with E-state index >= 15 is 0 Å². The fourth-order valence-corrected chi connectivity index (χ4v) is 3.92. The second kappa shape index (κ2) is 17.6. The SMILES string of the molecule is Cc1ccc(N=Cc2cccc(-c3ccccc3)c2O)cc1.Cc1cccc(C=Nc2c(F)c(F)c(F)c(F)c2F)c1O.[Cl][Ti][Cl]. The number of para-hydroxylation sites is 2. The van der Waals surface area contributed by atoms with Crippen LogP contribution in [0.4, 0.5) is 33.3 Å². The number of phenols is 2. The van der Waals surface area contributed by atoms with Crippen molar-refractivity contribution < 1.29 is 49.2 Å². The zero-order valence-corrected chi connectivity index (χ0v) is 27.3. The molecule has 0 bridgehead atoms. The van der Waals surface area contributed by atoms with Gasteiger partial charge in [0.05, 0.1) is 5.69 Å². The van der Waals surface area contributed by atoms with Gasteiger partial charge >= 0.3 is 35.6 Å². The number of aryl methyl sites for hydroxylation is 2. The first kappa shape index (κ1) is 36.5. The summed E-state index contributed by atoms with van der Waals surface area (Å²) < 4.78 is 65.6. The quantitative estimate of drug-likeness (QED) is 0.0628. The molecule has 0 heterocycles. The van der Waals surface area contributed by atoms with Crippen LogP contribution in [0, 0.1) is 42.9 Å². The molecular weight excluding hydrogens is 682 g/mol. The van der Waals surface area contributed by atoms with Crippen LogP contribution in [0.2, 0.25) is 0 Å². The van der Waals surface area contributed by atoms with Gasteiger partial charge in [0.1, 0.15) is 17.2 Å². The van der Waals surface area contributed by atoms with Crippen molar-refractivity contribution in [2.75, 3.05) is 0 Å². The average molecular weight is 707 g/mol. The molecule has 2 N–H and O–H groups in total. The van der Waals surface area contributed by atoms with Crippen LogP contribution >= 0.6 is 18.6 Å². The summed E-state index contributed by atoms with van der Waals surface area (Å²) in [6, 6.07) is 28.0. The van der Waals surface area contributed by atoms with Crippen LogP contribution in [0.5, 0.6) is 11.5 Å². The van der Waals surface area contributed by atoms with Gasteiger partial charge in [0.15, 0.2) is 23.3 Å². The van der Waals surface area contributed by atoms with E-state index in [1.807, 2.05) is 79.7 Å². The van der Waals surface area contributed by atoms with E-state index in [1.165, 1.54) is 17.7 Å². The Bertz CT molecular complexity index is 1810. The standard InChI is InChI=1S/C20H17NO.C14H8F5NO.2ClH.Ti/c1-15-10-12-18(13-11-15)21-14-17-8-5-9-19(20(17)22)16-6-3-2-4-7-16;1-6-3-2-4-7(14(6)21)5-20-13-11(18)9(16)8(15)10(17)12(13)19;;;/h2-14,22H,1H3;2-5,21H,1H3;2*1H;/q;;;;+2/p-2. The van der Waals surface area contributed by atoms with Crippen molar-refractivity contribution in [3.05, 3.63) is 142 Å². The first-order chi connectivity index (χ1) is 22.0. The number of rotatable bonds is 5. The van der Waals surface area contributed by atoms with Crippen LogP contribution in [0.1, 0.15) is 22.3 Å². The fourth-order valence-electron chi connectivity index (χ4n) is 3.92. The Labute approximate surface area is 279 Å². The molecule has 0 aliphatic carbocycles. The zero-order chi connectivity index (χ0) is 33.8. The van der Waals surface area contributed by atoms with E-state index in [4.69, 9.17) is 18.6 Å². The maximum absolute atomic E-state index is 13.4. The second-order valence-corrected chi connectivity index (χ2v) is 12.0. The molecule has 0 amide bonds. The van der Waals surface area contributed by atoms with Gasteiger partial charge in [0, 0.05) is 29.1 Å². The van der Waals surface area contributed by atoms with Crippen LogP contribution in [0.15, 0.2) is 101 Å². The van der Waals surface area contributed by atoms with E-state index in [0.717, 1.165) is 23.0 Å². The number of nitrogens with zero attached hydrogens (tertiary/aromatic N) is 2. The first-order valence-electron chi connectivity index (χ1n) is 13.3. The molecule has 12 heteroatoms. The number of aromatic hydroxyl groups is 2. The number of benzene rings is 5. The predicted octanol–water partition coefficient (Wildman–Crippen LogP) is 10.6. The van der Waals surface area contributed by atoms with Crippen molar-refractivity contribution in [2.45, 2.75) is 13.8 Å². The van der Waals surface area contributed by atoms with Crippen molar-refractivity contribution >= 4 is 42.4 Å². The third kappa shape index (κ3) is 9.50. The number of hydrogen-bond donors (Lipinski definition) is 2. The molecule has 5 rings (SSSR count). The van der Waals surface area contributed by atoms with Gasteiger partial charge in [0.25, 0.3) is 0 Å². The maximum atomic E-state index is 13.4. The molecular formula is C34H25Cl2F5N2O2Ti. The van der Waals surface area contributed by atoms with Gasteiger partial charge in [0.2, 0.25) is 5.82 Å². The van der Waals surface area contributed by atoms with Gasteiger partial charge in [-0.15, -0.1) is 0 Å². The van der Waals surface area contributed by atoms with E-state index in [2.05, 4.69) is 9.98 Å². The summed E-state index contributed by atoms with van der Waals surface area (Å²) in [4.78, 5) is 7.69. The minimum absolute atomic E-state index is 0.0824. The normalized spacial score (nSPS) is 10.7. The number of phenolic OH excluding ortho intramolecular Hbond substituents is 2. The van der Waals surface area contributed by atoms with Crippen molar-refractivity contribution in [1.82, 2.24) is 0 Å². The molecule has 0 spiro atoms. The van der Waals surface area contributed by atoms with Gasteiger partial charge in [-0.05, 0) is 49.2 Å². The van der Waals surface area contributed by atoms with Crippen molar-refractivity contribution in [3.8, 4) is 22.6 Å². The predicted molar refractivity (Wildman–Crippen MR) is 170 cm³/mol. The molecule has 0 saturated heterocycles. The molecule has 0 aromatic heterocycles. The Morgan fingerprint density at radius 2 is 1.09 bits per heavy atom. The van der Waals surface area contributed by atoms with Crippen LogP contribution in [0.25, 0.3) is 11.1 Å². The van der Waals surface area contributed by atoms with E-state index < -0.39 is 51.8 Å². The van der Waals surface area contributed by atoms with Crippen molar-refractivity contribution in [2.24, 2.45) is 9.98 Å². The van der Waals surface area contributed by atoms with Gasteiger partial charge in [-0.1, -0.05) is 72.3 Å². The Kier molecular flexibility index (Phi) is 14.0. The number of aliphatic imine (C=N–C) groups is 2. The Morgan fingerprint density at radius 3 is 1.67 bits per heavy atom. The van der Waals surface area contributed by atoms with Crippen molar-refractivity contribution in [1.29, 1.82) is 0 Å². The molecule has 46 heavy (non-hydrogen) atoms. The number of hydrogen-bond acceptors (Lipinski definition) is 4. The van der Waals surface area contributed by atoms with E-state index in [1.54, 1.807) is 19.2 Å². The molecule has 0 aliphatic rings. The van der Waals surface area contributed by atoms with Gasteiger partial charge in [-0.3, -0.25) is 4.99 Å². The van der Waals surface area contributed by atoms with E-state index in [9.17, 15) is 32.2 Å². The van der Waals surface area contributed by atoms with Crippen LogP contribution in [-0.2, 0) is 17.0 Å². The summed E-state index contributed by atoms with van der Waals surface area (Å²) in [5.74, 6) is -10.4. The Hall–Kier alpha value is -4.02. The Balaban J connectivity index is 0.000000231. The van der Waals surface area contributed by atoms with Crippen molar-refractivity contribution in [3.63, 3.8) is 0 Å². The fraction of sp³-hybridized carbons (Fsp3) is 0.0588. The minimum atomic E-state index is -2.25. The molecule has 0 saturated carbocycles. The third-order valence-electron chi connectivity index (χ3n) is 6.33. The summed E-state index contributed by atoms with van der Waals surface area (Å²) in [6.07, 6.45) is 2.52. The third-order valence-corrected chi connectivity index (χ3v) is 6.33. The molecule has 236 valence electrons. The summed E-state index contributed by atoms with van der Waals surface area (Å²) in [5, 5.41) is 20.2. The monoisotopic (exact) mass is 706 g/mol. The first-order valence-corrected chi connectivity index (χ1v) is 17.6. The topological polar surface area (TPSA) is 65.2 Å². The Morgan fingerprint density at radius 1 is 0.587 bits per heavy atom. The zero-order valence-electron chi connectivity index (χ0n) is 24.2. The molecule has 4 nitrogen and oxygen atoms in total. The number of halogens is 7. The second-order valence-electron chi connectivity index (χ2n) is 9.46. The van der Waals surface area contributed by atoms with Gasteiger partial charge < -0.3 is 10.2 Å². The van der Waals surface area contributed by atoms with Gasteiger partial charge in [-0.2, -0.15) is 0 Å². The van der Waals surface area contributed by atoms with E-state index in [-0.39, 0.29) is 17.1 Å². The molecule has 0 unspecified atom stereocenters. The summed E-state index contributed by atoms with van der Waals surface area (Å²) in [7, 11) is 9.78. The molecule has 5 aromatic carbocycles. The van der Waals surface area contributed by atoms with Crippen LogP contribution in [-0.4, -0.2) is 22.6 Å². The summed E-state index contributed by atoms with van der Waals surface area (Å²) in [6.45, 7) is 3.62. The van der Waals surface area contributed by atoms with Crippen LogP contribution < -0.4 is 0 Å². The molecule has 0 fully saturated rings. The molecule has 5 aromatic rings. The molecule has 0 aliphatic heterocycles. The molecule has 0 atom stereocenters. The summed E-state index contributed by atoms with van der Waals surface area (Å²) >= 11 is -0.556. The molecule has 0 radical (unpaired) electrons. The van der Waals surface area contributed by atoms with Crippen LogP contribution in [0.3, 0.4) is 0 Å². The average Bonchev–Trinajstić information content (AvgIpc) is 3.06. The van der Waals surface area contributed by atoms with Gasteiger partial charge in [-0.25, -0.2) is 26.9 Å². The van der Waals surface area contributed by atoms with E-state index in [0.29, 0.717) is 11.1 Å².